The summed E-state index contributed by atoms with van der Waals surface area (Å²) >= 11 is 0. The molecule has 84 valence electrons. The molecule has 1 aromatic rings. The zero-order valence-corrected chi connectivity index (χ0v) is 9.47. The summed E-state index contributed by atoms with van der Waals surface area (Å²) < 4.78 is 25.6. The first kappa shape index (κ1) is 11.9. The Morgan fingerprint density at radius 2 is 2.13 bits per heavy atom. The second-order valence-electron chi connectivity index (χ2n) is 3.61. The third-order valence-electron chi connectivity index (χ3n) is 1.75. The predicted molar refractivity (Wildman–Crippen MR) is 57.1 cm³/mol. The van der Waals surface area contributed by atoms with Gasteiger partial charge in [-0.15, -0.1) is 0 Å². The molecule has 5 nitrogen and oxygen atoms in total. The van der Waals surface area contributed by atoms with Crippen molar-refractivity contribution in [2.75, 3.05) is 6.54 Å². The number of H-pyrrole nitrogens is 1. The molecular weight excluding hydrogens is 216 g/mol. The summed E-state index contributed by atoms with van der Waals surface area (Å²) in [5.41, 5.74) is -0.603. The molecule has 0 aliphatic heterocycles. The Balaban J connectivity index is 2.97. The van der Waals surface area contributed by atoms with Crippen LogP contribution >= 0.6 is 0 Å². The highest BCUT2D eigenvalue weighted by Crippen LogP contribution is 2.01. The number of pyridine rings is 1. The van der Waals surface area contributed by atoms with E-state index in [9.17, 15) is 13.2 Å². The van der Waals surface area contributed by atoms with Gasteiger partial charge in [-0.05, 0) is 18.1 Å². The van der Waals surface area contributed by atoms with E-state index in [-0.39, 0.29) is 10.8 Å². The van der Waals surface area contributed by atoms with E-state index < -0.39 is 15.6 Å². The first-order chi connectivity index (χ1) is 6.93. The molecule has 0 spiro atoms. The zero-order chi connectivity index (χ0) is 11.5. The Bertz CT molecular complexity index is 476. The van der Waals surface area contributed by atoms with Gasteiger partial charge < -0.3 is 4.98 Å². The Morgan fingerprint density at radius 1 is 1.47 bits per heavy atom. The Hall–Kier alpha value is -1.14. The first-order valence-corrected chi connectivity index (χ1v) is 6.09. The van der Waals surface area contributed by atoms with Crippen molar-refractivity contribution in [1.29, 1.82) is 0 Å². The minimum atomic E-state index is -3.68. The van der Waals surface area contributed by atoms with Crippen LogP contribution in [0.1, 0.15) is 13.8 Å². The number of aromatic amines is 1. The Morgan fingerprint density at radius 3 is 2.67 bits per heavy atom. The van der Waals surface area contributed by atoms with Crippen LogP contribution in [0.3, 0.4) is 0 Å². The van der Waals surface area contributed by atoms with Crippen molar-refractivity contribution in [1.82, 2.24) is 9.71 Å². The maximum atomic E-state index is 11.6. The van der Waals surface area contributed by atoms with Gasteiger partial charge in [-0.2, -0.15) is 0 Å². The van der Waals surface area contributed by atoms with Gasteiger partial charge in [0.25, 0.3) is 5.56 Å². The molecule has 0 saturated carbocycles. The normalized spacial score (nSPS) is 11.9. The van der Waals surface area contributed by atoms with E-state index in [1.54, 1.807) is 0 Å². The fraction of sp³-hybridized carbons (Fsp3) is 0.444. The highest BCUT2D eigenvalue weighted by molar-refractivity contribution is 7.89. The molecule has 0 amide bonds. The van der Waals surface area contributed by atoms with Crippen LogP contribution in [0.15, 0.2) is 28.0 Å². The van der Waals surface area contributed by atoms with Gasteiger partial charge in [-0.1, -0.05) is 13.8 Å². The fourth-order valence-electron chi connectivity index (χ4n) is 0.972. The van der Waals surface area contributed by atoms with E-state index in [4.69, 9.17) is 0 Å². The standard InChI is InChI=1S/C9H14N2O3S/c1-7(2)6-11-15(13,14)8-4-3-5-10-9(8)12/h3-5,7,11H,6H2,1-2H3,(H,10,12). The molecule has 0 aliphatic carbocycles. The van der Waals surface area contributed by atoms with Crippen LogP contribution in [0.25, 0.3) is 0 Å². The van der Waals surface area contributed by atoms with Crippen LogP contribution in [-0.4, -0.2) is 19.9 Å². The van der Waals surface area contributed by atoms with Crippen molar-refractivity contribution < 1.29 is 8.42 Å². The first-order valence-electron chi connectivity index (χ1n) is 4.61. The lowest BCUT2D eigenvalue weighted by atomic mass is 10.2. The topological polar surface area (TPSA) is 79.0 Å². The molecule has 0 atom stereocenters. The number of hydrogen-bond acceptors (Lipinski definition) is 3. The second kappa shape index (κ2) is 4.59. The number of rotatable bonds is 4. The van der Waals surface area contributed by atoms with Crippen molar-refractivity contribution in [3.63, 3.8) is 0 Å². The SMILES string of the molecule is CC(C)CNS(=O)(=O)c1ccc[nH]c1=O. The average Bonchev–Trinajstić information content (AvgIpc) is 2.15. The third-order valence-corrected chi connectivity index (χ3v) is 3.20. The van der Waals surface area contributed by atoms with Crippen LogP contribution in [0, 0.1) is 5.92 Å². The van der Waals surface area contributed by atoms with Gasteiger partial charge in [-0.3, -0.25) is 4.79 Å². The number of sulfonamides is 1. The molecule has 1 aromatic heterocycles. The van der Waals surface area contributed by atoms with E-state index in [1.165, 1.54) is 18.3 Å². The molecule has 15 heavy (non-hydrogen) atoms. The monoisotopic (exact) mass is 230 g/mol. The lowest BCUT2D eigenvalue weighted by molar-refractivity contribution is 0.559. The molecule has 1 heterocycles. The molecule has 6 heteroatoms. The quantitative estimate of drug-likeness (QED) is 0.781. The maximum Gasteiger partial charge on any atom is 0.268 e. The van der Waals surface area contributed by atoms with Gasteiger partial charge in [0.1, 0.15) is 4.90 Å². The zero-order valence-electron chi connectivity index (χ0n) is 8.65. The number of aromatic nitrogens is 1. The molecule has 0 unspecified atom stereocenters. The summed E-state index contributed by atoms with van der Waals surface area (Å²) in [6.07, 6.45) is 1.39. The van der Waals surface area contributed by atoms with Crippen LogP contribution in [-0.2, 0) is 10.0 Å². The van der Waals surface area contributed by atoms with Gasteiger partial charge in [0.2, 0.25) is 10.0 Å². The van der Waals surface area contributed by atoms with Crippen LogP contribution < -0.4 is 10.3 Å². The lowest BCUT2D eigenvalue weighted by Gasteiger charge is -2.07. The predicted octanol–water partition coefficient (Wildman–Crippen LogP) is 0.309. The molecule has 0 aliphatic rings. The summed E-state index contributed by atoms with van der Waals surface area (Å²) in [6.45, 7) is 4.09. The molecule has 1 rings (SSSR count). The maximum absolute atomic E-state index is 11.6. The summed E-state index contributed by atoms with van der Waals surface area (Å²) in [6, 6.07) is 2.76. The van der Waals surface area contributed by atoms with Crippen molar-refractivity contribution in [3.8, 4) is 0 Å². The van der Waals surface area contributed by atoms with Crippen molar-refractivity contribution >= 4 is 10.0 Å². The van der Waals surface area contributed by atoms with Crippen molar-refractivity contribution in [2.24, 2.45) is 5.92 Å². The molecular formula is C9H14N2O3S. The van der Waals surface area contributed by atoms with Crippen molar-refractivity contribution in [3.05, 3.63) is 28.7 Å². The summed E-state index contributed by atoms with van der Waals surface area (Å²) in [5.74, 6) is 0.197. The van der Waals surface area contributed by atoms with Crippen LogP contribution in [0.5, 0.6) is 0 Å². The molecule has 2 N–H and O–H groups in total. The van der Waals surface area contributed by atoms with Crippen LogP contribution in [0.4, 0.5) is 0 Å². The molecule has 0 aromatic carbocycles. The number of nitrogens with one attached hydrogen (secondary N) is 2. The Kier molecular flexibility index (Phi) is 3.65. The van der Waals surface area contributed by atoms with E-state index in [1.807, 2.05) is 13.8 Å². The smallest absolute Gasteiger partial charge is 0.268 e. The minimum Gasteiger partial charge on any atom is -0.328 e. The van der Waals surface area contributed by atoms with E-state index in [2.05, 4.69) is 9.71 Å². The molecule has 0 fully saturated rings. The van der Waals surface area contributed by atoms with Gasteiger partial charge in [-0.25, -0.2) is 13.1 Å². The van der Waals surface area contributed by atoms with Crippen LogP contribution in [0.2, 0.25) is 0 Å². The minimum absolute atomic E-state index is 0.197. The van der Waals surface area contributed by atoms with Gasteiger partial charge in [0.05, 0.1) is 0 Å². The number of hydrogen-bond donors (Lipinski definition) is 2. The molecule has 0 radical (unpaired) electrons. The highest BCUT2D eigenvalue weighted by Gasteiger charge is 2.17. The highest BCUT2D eigenvalue weighted by atomic mass is 32.2. The van der Waals surface area contributed by atoms with Gasteiger partial charge in [0.15, 0.2) is 0 Å². The lowest BCUT2D eigenvalue weighted by Crippen LogP contribution is -2.31. The average molecular weight is 230 g/mol. The van der Waals surface area contributed by atoms with Gasteiger partial charge in [0, 0.05) is 12.7 Å². The fourth-order valence-corrected chi connectivity index (χ4v) is 2.24. The summed E-state index contributed by atoms with van der Waals surface area (Å²) in [7, 11) is -3.68. The van der Waals surface area contributed by atoms with E-state index >= 15 is 0 Å². The summed E-state index contributed by atoms with van der Waals surface area (Å²) in [5, 5.41) is 0. The van der Waals surface area contributed by atoms with Crippen molar-refractivity contribution in [2.45, 2.75) is 18.7 Å². The van der Waals surface area contributed by atoms with Gasteiger partial charge >= 0.3 is 0 Å². The summed E-state index contributed by atoms with van der Waals surface area (Å²) in [4.78, 5) is 13.3. The Labute approximate surface area is 88.6 Å². The third kappa shape index (κ3) is 3.17. The second-order valence-corrected chi connectivity index (χ2v) is 5.34. The van der Waals surface area contributed by atoms with E-state index in [0.717, 1.165) is 0 Å². The molecule has 0 saturated heterocycles. The molecule has 0 bridgehead atoms. The van der Waals surface area contributed by atoms with E-state index in [0.29, 0.717) is 6.54 Å². The largest absolute Gasteiger partial charge is 0.328 e.